The molecule has 0 saturated carbocycles. The van der Waals surface area contributed by atoms with Gasteiger partial charge in [-0.1, -0.05) is 54.7 Å². The highest BCUT2D eigenvalue weighted by Gasteiger charge is 2.25. The zero-order valence-electron chi connectivity index (χ0n) is 15.3. The summed E-state index contributed by atoms with van der Waals surface area (Å²) >= 11 is 0. The lowest BCUT2D eigenvalue weighted by Gasteiger charge is -2.28. The van der Waals surface area contributed by atoms with E-state index in [2.05, 4.69) is 64.7 Å². The van der Waals surface area contributed by atoms with Crippen molar-refractivity contribution in [3.8, 4) is 0 Å². The average molecular weight is 333 g/mol. The van der Waals surface area contributed by atoms with E-state index in [0.717, 1.165) is 32.6 Å². The lowest BCUT2D eigenvalue weighted by Crippen LogP contribution is -2.32. The Morgan fingerprint density at radius 3 is 2.92 bits per heavy atom. The Balaban J connectivity index is 1.78. The van der Waals surface area contributed by atoms with Crippen molar-refractivity contribution in [3.05, 3.63) is 77.6 Å². The number of rotatable bonds is 5. The Bertz CT molecular complexity index is 752. The maximum atomic E-state index is 4.52. The summed E-state index contributed by atoms with van der Waals surface area (Å²) in [6, 6.07) is 8.65. The number of aliphatic imine (C=N–C) groups is 1. The van der Waals surface area contributed by atoms with Gasteiger partial charge in [-0.05, 0) is 37.5 Å². The molecule has 2 aliphatic heterocycles. The molecule has 0 radical (unpaired) electrons. The molecule has 0 amide bonds. The normalized spacial score (nSPS) is 17.9. The van der Waals surface area contributed by atoms with Gasteiger partial charge in [0.1, 0.15) is 0 Å². The van der Waals surface area contributed by atoms with Crippen molar-refractivity contribution in [1.29, 1.82) is 0 Å². The van der Waals surface area contributed by atoms with Crippen molar-refractivity contribution in [2.24, 2.45) is 4.99 Å². The molecule has 0 aliphatic carbocycles. The largest absolute Gasteiger partial charge is 0.304 e. The third-order valence-corrected chi connectivity index (χ3v) is 4.71. The van der Waals surface area contributed by atoms with Gasteiger partial charge < -0.3 is 4.90 Å². The van der Waals surface area contributed by atoms with Crippen LogP contribution in [0, 0.1) is 0 Å². The van der Waals surface area contributed by atoms with Gasteiger partial charge in [0.15, 0.2) is 0 Å². The van der Waals surface area contributed by atoms with Gasteiger partial charge in [-0.2, -0.15) is 0 Å². The summed E-state index contributed by atoms with van der Waals surface area (Å²) in [5.74, 6) is 0. The second-order valence-electron chi connectivity index (χ2n) is 6.69. The number of para-hydroxylation sites is 1. The van der Waals surface area contributed by atoms with Crippen molar-refractivity contribution in [3.63, 3.8) is 0 Å². The Kier molecular flexibility index (Phi) is 5.67. The van der Waals surface area contributed by atoms with Crippen LogP contribution in [0.3, 0.4) is 0 Å². The van der Waals surface area contributed by atoms with Gasteiger partial charge >= 0.3 is 0 Å². The number of fused-ring (bicyclic) bond motifs is 3. The molecule has 2 aliphatic rings. The number of benzene rings is 1. The number of allylic oxidation sites excluding steroid dienone is 4. The molecule has 0 aromatic heterocycles. The molecule has 0 bridgehead atoms. The third kappa shape index (κ3) is 4.18. The second-order valence-corrected chi connectivity index (χ2v) is 6.69. The molecule has 3 heteroatoms. The molecule has 0 spiro atoms. The van der Waals surface area contributed by atoms with Crippen LogP contribution in [-0.4, -0.2) is 30.9 Å². The first-order chi connectivity index (χ1) is 12.2. The van der Waals surface area contributed by atoms with Gasteiger partial charge in [-0.15, -0.1) is 0 Å². The van der Waals surface area contributed by atoms with Crippen LogP contribution in [0.2, 0.25) is 0 Å². The molecule has 0 unspecified atom stereocenters. The Hall–Kier alpha value is -2.39. The van der Waals surface area contributed by atoms with E-state index in [1.165, 1.54) is 28.1 Å². The molecule has 1 aromatic carbocycles. The van der Waals surface area contributed by atoms with Crippen molar-refractivity contribution in [2.75, 3.05) is 24.5 Å². The van der Waals surface area contributed by atoms with E-state index in [1.54, 1.807) is 0 Å². The first-order valence-electron chi connectivity index (χ1n) is 8.94. The quantitative estimate of drug-likeness (QED) is 0.727. The minimum absolute atomic E-state index is 0.806. The SMILES string of the molecule is C=C(C=CC=CC)CCN1CC2=C(C)CN=CN2c2ccccc2C1. The molecule has 0 saturated heterocycles. The predicted molar refractivity (Wildman–Crippen MR) is 108 cm³/mol. The first-order valence-corrected chi connectivity index (χ1v) is 8.94. The Labute approximate surface area is 151 Å². The topological polar surface area (TPSA) is 18.8 Å². The minimum Gasteiger partial charge on any atom is -0.304 e. The summed E-state index contributed by atoms with van der Waals surface area (Å²) in [6.07, 6.45) is 11.2. The maximum Gasteiger partial charge on any atom is 0.0942 e. The highest BCUT2D eigenvalue weighted by Crippen LogP contribution is 2.31. The van der Waals surface area contributed by atoms with Crippen molar-refractivity contribution >= 4 is 12.0 Å². The fraction of sp³-hybridized carbons (Fsp3) is 0.318. The van der Waals surface area contributed by atoms with E-state index in [1.807, 2.05) is 25.4 Å². The van der Waals surface area contributed by atoms with Crippen molar-refractivity contribution in [1.82, 2.24) is 4.90 Å². The van der Waals surface area contributed by atoms with Crippen LogP contribution in [0.15, 0.2) is 77.0 Å². The Morgan fingerprint density at radius 2 is 2.08 bits per heavy atom. The van der Waals surface area contributed by atoms with Crippen LogP contribution < -0.4 is 4.90 Å². The summed E-state index contributed by atoms with van der Waals surface area (Å²) < 4.78 is 0. The van der Waals surface area contributed by atoms with Crippen LogP contribution in [0.4, 0.5) is 5.69 Å². The summed E-state index contributed by atoms with van der Waals surface area (Å²) in [6.45, 7) is 12.1. The standard InChI is InChI=1S/C22H27N3/c1-4-5-6-9-18(2)12-13-24-15-20-10-7-8-11-21(20)25-17-23-14-19(3)22(25)16-24/h4-11,17H,2,12-16H2,1,3H3. The van der Waals surface area contributed by atoms with Crippen LogP contribution in [0.1, 0.15) is 25.8 Å². The molecule has 0 atom stereocenters. The van der Waals surface area contributed by atoms with Crippen LogP contribution in [-0.2, 0) is 6.54 Å². The van der Waals surface area contributed by atoms with Crippen molar-refractivity contribution < 1.29 is 0 Å². The highest BCUT2D eigenvalue weighted by molar-refractivity contribution is 5.86. The fourth-order valence-electron chi connectivity index (χ4n) is 3.28. The molecule has 1 aromatic rings. The number of anilines is 1. The Morgan fingerprint density at radius 1 is 1.24 bits per heavy atom. The van der Waals surface area contributed by atoms with Crippen LogP contribution in [0.25, 0.3) is 0 Å². The van der Waals surface area contributed by atoms with E-state index >= 15 is 0 Å². The number of hydrogen-bond donors (Lipinski definition) is 0. The van der Waals surface area contributed by atoms with Gasteiger partial charge in [0.05, 0.1) is 18.6 Å². The zero-order valence-corrected chi connectivity index (χ0v) is 15.3. The summed E-state index contributed by atoms with van der Waals surface area (Å²) in [4.78, 5) is 9.31. The van der Waals surface area contributed by atoms with Crippen LogP contribution >= 0.6 is 0 Å². The van der Waals surface area contributed by atoms with Gasteiger partial charge in [0, 0.05) is 25.3 Å². The van der Waals surface area contributed by atoms with E-state index in [9.17, 15) is 0 Å². The molecule has 130 valence electrons. The molecular weight excluding hydrogens is 306 g/mol. The first kappa shape index (κ1) is 17.4. The van der Waals surface area contributed by atoms with Gasteiger partial charge in [-0.3, -0.25) is 9.89 Å². The molecule has 3 nitrogen and oxygen atoms in total. The van der Waals surface area contributed by atoms with Crippen LogP contribution in [0.5, 0.6) is 0 Å². The summed E-state index contributed by atoms with van der Waals surface area (Å²) in [5, 5.41) is 0. The van der Waals surface area contributed by atoms with E-state index < -0.39 is 0 Å². The summed E-state index contributed by atoms with van der Waals surface area (Å²) in [7, 11) is 0. The van der Waals surface area contributed by atoms with E-state index in [-0.39, 0.29) is 0 Å². The fourth-order valence-corrected chi connectivity index (χ4v) is 3.28. The lowest BCUT2D eigenvalue weighted by molar-refractivity contribution is 0.295. The predicted octanol–water partition coefficient (Wildman–Crippen LogP) is 4.70. The smallest absolute Gasteiger partial charge is 0.0942 e. The highest BCUT2D eigenvalue weighted by atomic mass is 15.3. The second kappa shape index (κ2) is 8.13. The lowest BCUT2D eigenvalue weighted by atomic mass is 10.1. The molecule has 0 N–H and O–H groups in total. The average Bonchev–Trinajstić information content (AvgIpc) is 2.78. The van der Waals surface area contributed by atoms with E-state index in [0.29, 0.717) is 0 Å². The van der Waals surface area contributed by atoms with Gasteiger partial charge in [0.25, 0.3) is 0 Å². The minimum atomic E-state index is 0.806. The molecular formula is C22H27N3. The van der Waals surface area contributed by atoms with E-state index in [4.69, 9.17) is 0 Å². The third-order valence-electron chi connectivity index (χ3n) is 4.71. The zero-order chi connectivity index (χ0) is 17.6. The number of hydrogen-bond acceptors (Lipinski definition) is 3. The molecule has 3 rings (SSSR count). The van der Waals surface area contributed by atoms with Gasteiger partial charge in [-0.25, -0.2) is 0 Å². The van der Waals surface area contributed by atoms with Gasteiger partial charge in [0.2, 0.25) is 0 Å². The molecule has 25 heavy (non-hydrogen) atoms. The summed E-state index contributed by atoms with van der Waals surface area (Å²) in [5.41, 5.74) is 6.51. The molecule has 2 heterocycles. The van der Waals surface area contributed by atoms with Crippen molar-refractivity contribution in [2.45, 2.75) is 26.8 Å². The maximum absolute atomic E-state index is 4.52. The number of nitrogens with zero attached hydrogens (tertiary/aromatic N) is 3. The molecule has 0 fully saturated rings. The monoisotopic (exact) mass is 333 g/mol.